The predicted molar refractivity (Wildman–Crippen MR) is 72.0 cm³/mol. The summed E-state index contributed by atoms with van der Waals surface area (Å²) >= 11 is 0. The fraction of sp³-hybridized carbons (Fsp3) is 0.600. The molecule has 0 spiro atoms. The molecule has 18 heavy (non-hydrogen) atoms. The predicted octanol–water partition coefficient (Wildman–Crippen LogP) is 4.12. The lowest BCUT2D eigenvalue weighted by molar-refractivity contribution is -0.0678. The Morgan fingerprint density at radius 1 is 1.00 bits per heavy atom. The summed E-state index contributed by atoms with van der Waals surface area (Å²) in [4.78, 5) is 0. The molecule has 0 heterocycles. The minimum Gasteiger partial charge on any atom is -0.320 e. The van der Waals surface area contributed by atoms with Crippen LogP contribution in [0, 0.1) is 6.92 Å². The second kappa shape index (κ2) is 4.30. The van der Waals surface area contributed by atoms with Crippen LogP contribution in [0.25, 0.3) is 0 Å². The maximum atomic E-state index is 14.4. The Kier molecular flexibility index (Phi) is 3.61. The van der Waals surface area contributed by atoms with Crippen LogP contribution in [0.3, 0.4) is 0 Å². The fourth-order valence-electron chi connectivity index (χ4n) is 1.77. The van der Waals surface area contributed by atoms with Gasteiger partial charge in [0, 0.05) is 5.56 Å². The Balaban J connectivity index is 3.42. The molecule has 0 saturated heterocycles. The quantitative estimate of drug-likeness (QED) is 0.845. The van der Waals surface area contributed by atoms with Crippen molar-refractivity contribution in [3.05, 3.63) is 34.9 Å². The number of benzene rings is 1. The van der Waals surface area contributed by atoms with Gasteiger partial charge >= 0.3 is 0 Å². The van der Waals surface area contributed by atoms with E-state index in [1.54, 1.807) is 19.1 Å². The molecule has 0 saturated carbocycles. The van der Waals surface area contributed by atoms with Crippen LogP contribution in [-0.2, 0) is 11.3 Å². The van der Waals surface area contributed by atoms with Crippen LogP contribution in [0.5, 0.6) is 0 Å². The summed E-state index contributed by atoms with van der Waals surface area (Å²) in [5, 5.41) is 0. The molecule has 0 atom stereocenters. The van der Waals surface area contributed by atoms with Crippen LogP contribution < -0.4 is 5.73 Å². The van der Waals surface area contributed by atoms with Crippen LogP contribution in [0.15, 0.2) is 18.2 Å². The zero-order valence-electron chi connectivity index (χ0n) is 12.1. The standard InChI is InChI=1S/C15H23F2N/c1-10-7-8-11(13(2,3)4)9-12(10)15(16,17)14(5,6)18/h7-9H,18H2,1-6H3. The van der Waals surface area contributed by atoms with Crippen molar-refractivity contribution >= 4 is 0 Å². The van der Waals surface area contributed by atoms with E-state index in [0.29, 0.717) is 5.56 Å². The van der Waals surface area contributed by atoms with E-state index in [0.717, 1.165) is 5.56 Å². The molecule has 0 aliphatic carbocycles. The molecule has 1 rings (SSSR count). The molecule has 0 aliphatic heterocycles. The van der Waals surface area contributed by atoms with E-state index in [-0.39, 0.29) is 11.0 Å². The Bertz CT molecular complexity index is 437. The second-order valence-corrected chi connectivity index (χ2v) is 6.58. The number of halogens is 2. The number of rotatable bonds is 2. The highest BCUT2D eigenvalue weighted by atomic mass is 19.3. The fourth-order valence-corrected chi connectivity index (χ4v) is 1.77. The van der Waals surface area contributed by atoms with Gasteiger partial charge in [0.15, 0.2) is 0 Å². The lowest BCUT2D eigenvalue weighted by atomic mass is 9.81. The van der Waals surface area contributed by atoms with Gasteiger partial charge in [-0.15, -0.1) is 0 Å². The van der Waals surface area contributed by atoms with Crippen LogP contribution in [0.4, 0.5) is 8.78 Å². The monoisotopic (exact) mass is 255 g/mol. The van der Waals surface area contributed by atoms with Crippen molar-refractivity contribution in [2.24, 2.45) is 5.73 Å². The van der Waals surface area contributed by atoms with Gasteiger partial charge in [-0.3, -0.25) is 0 Å². The molecule has 0 bridgehead atoms. The molecule has 1 nitrogen and oxygen atoms in total. The van der Waals surface area contributed by atoms with Gasteiger partial charge in [0.2, 0.25) is 0 Å². The first-order chi connectivity index (χ1) is 7.87. The third-order valence-corrected chi connectivity index (χ3v) is 3.25. The number of alkyl halides is 2. The molecule has 2 N–H and O–H groups in total. The second-order valence-electron chi connectivity index (χ2n) is 6.58. The maximum absolute atomic E-state index is 14.4. The normalized spacial score (nSPS) is 13.8. The smallest absolute Gasteiger partial charge is 0.290 e. The van der Waals surface area contributed by atoms with Crippen LogP contribution in [0.2, 0.25) is 0 Å². The topological polar surface area (TPSA) is 26.0 Å². The first kappa shape index (κ1) is 15.1. The number of nitrogens with two attached hydrogens (primary N) is 1. The summed E-state index contributed by atoms with van der Waals surface area (Å²) in [5.74, 6) is -3.04. The molecule has 0 aliphatic rings. The van der Waals surface area contributed by atoms with Crippen LogP contribution >= 0.6 is 0 Å². The highest BCUT2D eigenvalue weighted by molar-refractivity contribution is 5.38. The van der Waals surface area contributed by atoms with Crippen LogP contribution in [-0.4, -0.2) is 5.54 Å². The summed E-state index contributed by atoms with van der Waals surface area (Å²) in [6.45, 7) is 10.4. The molecular weight excluding hydrogens is 232 g/mol. The molecule has 102 valence electrons. The molecule has 0 unspecified atom stereocenters. The van der Waals surface area contributed by atoms with Gasteiger partial charge in [0.05, 0.1) is 5.54 Å². The Hall–Kier alpha value is -0.960. The lowest BCUT2D eigenvalue weighted by Crippen LogP contribution is -2.48. The van der Waals surface area contributed by atoms with E-state index >= 15 is 0 Å². The zero-order valence-corrected chi connectivity index (χ0v) is 12.1. The highest BCUT2D eigenvalue weighted by Gasteiger charge is 2.46. The SMILES string of the molecule is Cc1ccc(C(C)(C)C)cc1C(F)(F)C(C)(C)N. The van der Waals surface area contributed by atoms with Crippen molar-refractivity contribution in [2.75, 3.05) is 0 Å². The van der Waals surface area contributed by atoms with E-state index < -0.39 is 11.5 Å². The summed E-state index contributed by atoms with van der Waals surface area (Å²) in [7, 11) is 0. The zero-order chi connectivity index (χ0) is 14.4. The van der Waals surface area contributed by atoms with Gasteiger partial charge in [0.25, 0.3) is 5.92 Å². The van der Waals surface area contributed by atoms with Gasteiger partial charge in [-0.2, -0.15) is 8.78 Å². The highest BCUT2D eigenvalue weighted by Crippen LogP contribution is 2.40. The Morgan fingerprint density at radius 2 is 1.50 bits per heavy atom. The van der Waals surface area contributed by atoms with Crippen molar-refractivity contribution in [3.8, 4) is 0 Å². The Morgan fingerprint density at radius 3 is 1.89 bits per heavy atom. The number of aryl methyl sites for hydroxylation is 1. The summed E-state index contributed by atoms with van der Waals surface area (Å²) < 4.78 is 28.7. The average Bonchev–Trinajstić information content (AvgIpc) is 2.14. The number of hydrogen-bond donors (Lipinski definition) is 1. The third-order valence-electron chi connectivity index (χ3n) is 3.25. The van der Waals surface area contributed by atoms with E-state index in [1.165, 1.54) is 13.8 Å². The Labute approximate surface area is 108 Å². The number of hydrogen-bond acceptors (Lipinski definition) is 1. The molecule has 0 amide bonds. The minimum absolute atomic E-state index is 0.0300. The molecule has 0 fully saturated rings. The van der Waals surface area contributed by atoms with Gasteiger partial charge in [0.1, 0.15) is 0 Å². The van der Waals surface area contributed by atoms with Crippen molar-refractivity contribution in [2.45, 2.75) is 58.4 Å². The summed E-state index contributed by atoms with van der Waals surface area (Å²) in [6, 6.07) is 5.23. The summed E-state index contributed by atoms with van der Waals surface area (Å²) in [5.41, 5.74) is 5.39. The minimum atomic E-state index is -3.04. The molecule has 1 aromatic rings. The first-order valence-corrected chi connectivity index (χ1v) is 6.15. The first-order valence-electron chi connectivity index (χ1n) is 6.15. The van der Waals surface area contributed by atoms with Crippen molar-refractivity contribution in [1.29, 1.82) is 0 Å². The van der Waals surface area contributed by atoms with E-state index in [9.17, 15) is 8.78 Å². The van der Waals surface area contributed by atoms with Gasteiger partial charge in [-0.25, -0.2) is 0 Å². The van der Waals surface area contributed by atoms with Gasteiger partial charge in [-0.1, -0.05) is 32.9 Å². The van der Waals surface area contributed by atoms with Gasteiger partial charge in [-0.05, 0) is 43.4 Å². The molecule has 3 heteroatoms. The van der Waals surface area contributed by atoms with Crippen molar-refractivity contribution < 1.29 is 8.78 Å². The third kappa shape index (κ3) is 2.72. The largest absolute Gasteiger partial charge is 0.320 e. The molecule has 0 aromatic heterocycles. The molecular formula is C15H23F2N. The molecule has 0 radical (unpaired) electrons. The van der Waals surface area contributed by atoms with E-state index in [1.807, 2.05) is 26.8 Å². The maximum Gasteiger partial charge on any atom is 0.290 e. The average molecular weight is 255 g/mol. The lowest BCUT2D eigenvalue weighted by Gasteiger charge is -2.32. The van der Waals surface area contributed by atoms with E-state index in [4.69, 9.17) is 5.73 Å². The summed E-state index contributed by atoms with van der Waals surface area (Å²) in [6.07, 6.45) is 0. The van der Waals surface area contributed by atoms with Crippen molar-refractivity contribution in [1.82, 2.24) is 0 Å². The van der Waals surface area contributed by atoms with Crippen LogP contribution in [0.1, 0.15) is 51.3 Å². The molecule has 1 aromatic carbocycles. The van der Waals surface area contributed by atoms with Crippen molar-refractivity contribution in [3.63, 3.8) is 0 Å². The van der Waals surface area contributed by atoms with Gasteiger partial charge < -0.3 is 5.73 Å². The van der Waals surface area contributed by atoms with E-state index in [2.05, 4.69) is 0 Å².